The molecule has 0 aliphatic heterocycles. The van der Waals surface area contributed by atoms with Crippen LogP contribution in [0.25, 0.3) is 10.2 Å². The number of benzene rings is 1. The van der Waals surface area contributed by atoms with Crippen LogP contribution < -0.4 is 16.2 Å². The van der Waals surface area contributed by atoms with E-state index in [0.29, 0.717) is 29.4 Å². The Hall–Kier alpha value is -1.73. The molecule has 1 amide bonds. The van der Waals surface area contributed by atoms with Crippen molar-refractivity contribution >= 4 is 44.8 Å². The molecule has 0 saturated heterocycles. The Balaban J connectivity index is 1.30. The molecule has 1 aliphatic carbocycles. The van der Waals surface area contributed by atoms with Gasteiger partial charge >= 0.3 is 0 Å². The number of para-hydroxylation sites is 1. The van der Waals surface area contributed by atoms with Gasteiger partial charge in [0.1, 0.15) is 0 Å². The first-order valence-electron chi connectivity index (χ1n) is 10.2. The van der Waals surface area contributed by atoms with Gasteiger partial charge in [-0.25, -0.2) is 4.98 Å². The minimum atomic E-state index is -0.0292. The maximum Gasteiger partial charge on any atom is 0.238 e. The molecule has 152 valence electrons. The molecular weight excluding hydrogens is 388 g/mol. The summed E-state index contributed by atoms with van der Waals surface area (Å²) in [4.78, 5) is 16.7. The summed E-state index contributed by atoms with van der Waals surface area (Å²) in [6.07, 6.45) is 6.83. The Morgan fingerprint density at radius 3 is 2.86 bits per heavy atom. The molecule has 2 aromatic rings. The highest BCUT2D eigenvalue weighted by Gasteiger charge is 2.27. The van der Waals surface area contributed by atoms with Crippen LogP contribution in [-0.2, 0) is 11.2 Å². The average molecular weight is 419 g/mol. The zero-order valence-electron chi connectivity index (χ0n) is 16.7. The van der Waals surface area contributed by atoms with Gasteiger partial charge in [-0.2, -0.15) is 0 Å². The van der Waals surface area contributed by atoms with Gasteiger partial charge in [0.05, 0.1) is 15.2 Å². The number of hydrogen-bond donors (Lipinski definition) is 3. The predicted molar refractivity (Wildman–Crippen MR) is 120 cm³/mol. The minimum Gasteiger partial charge on any atom is -0.358 e. The zero-order chi connectivity index (χ0) is 19.9. The number of thiazole rings is 1. The summed E-state index contributed by atoms with van der Waals surface area (Å²) in [6, 6.07) is 8.57. The Morgan fingerprint density at radius 2 is 2.04 bits per heavy atom. The van der Waals surface area contributed by atoms with Crippen molar-refractivity contribution in [3.05, 3.63) is 29.3 Å². The minimum absolute atomic E-state index is 0.0292. The molecule has 3 atom stereocenters. The van der Waals surface area contributed by atoms with Crippen molar-refractivity contribution in [2.75, 3.05) is 0 Å². The molecule has 3 N–H and O–H groups in total. The molecule has 5 nitrogen and oxygen atoms in total. The first kappa shape index (κ1) is 21.0. The van der Waals surface area contributed by atoms with E-state index in [2.05, 4.69) is 41.1 Å². The predicted octanol–water partition coefficient (Wildman–Crippen LogP) is 4.33. The van der Waals surface area contributed by atoms with Crippen molar-refractivity contribution in [3.8, 4) is 0 Å². The van der Waals surface area contributed by atoms with E-state index in [4.69, 9.17) is 12.2 Å². The van der Waals surface area contributed by atoms with Gasteiger partial charge in [-0.15, -0.1) is 11.3 Å². The number of aromatic nitrogens is 1. The molecular formula is C21H30N4OS2. The fraction of sp³-hybridized carbons (Fsp3) is 0.571. The Bertz CT molecular complexity index is 774. The SMILES string of the molecule is C[C@H]1[C@@H](NC(=S)NNC(=O)CCCCc2nc3ccccc3s2)CCC[C@@H]1C. The summed E-state index contributed by atoms with van der Waals surface area (Å²) in [5, 5.41) is 5.00. The number of carbonyl (C=O) groups excluding carboxylic acids is 1. The molecule has 0 unspecified atom stereocenters. The Kier molecular flexibility index (Phi) is 7.62. The summed E-state index contributed by atoms with van der Waals surface area (Å²) in [5.41, 5.74) is 6.63. The van der Waals surface area contributed by atoms with Crippen LogP contribution in [-0.4, -0.2) is 22.0 Å². The van der Waals surface area contributed by atoms with E-state index >= 15 is 0 Å². The molecule has 1 aliphatic rings. The lowest BCUT2D eigenvalue weighted by Gasteiger charge is -2.35. The number of nitrogens with one attached hydrogen (secondary N) is 3. The van der Waals surface area contributed by atoms with Crippen LogP contribution in [0.1, 0.15) is 57.4 Å². The summed E-state index contributed by atoms with van der Waals surface area (Å²) in [7, 11) is 0. The third kappa shape index (κ3) is 5.88. The number of hydrogen-bond acceptors (Lipinski definition) is 4. The average Bonchev–Trinajstić information content (AvgIpc) is 3.10. The first-order chi connectivity index (χ1) is 13.5. The lowest BCUT2D eigenvalue weighted by Crippen LogP contribution is -2.52. The van der Waals surface area contributed by atoms with Gasteiger partial charge in [0.25, 0.3) is 0 Å². The van der Waals surface area contributed by atoms with Crippen molar-refractivity contribution in [2.45, 2.75) is 64.8 Å². The maximum atomic E-state index is 12.0. The van der Waals surface area contributed by atoms with Crippen LogP contribution in [0.15, 0.2) is 24.3 Å². The number of fused-ring (bicyclic) bond motifs is 1. The van der Waals surface area contributed by atoms with E-state index in [1.54, 1.807) is 11.3 Å². The second-order valence-corrected chi connectivity index (χ2v) is 9.33. The second-order valence-electron chi connectivity index (χ2n) is 7.80. The number of nitrogens with zero attached hydrogens (tertiary/aromatic N) is 1. The van der Waals surface area contributed by atoms with Crippen LogP contribution in [0.2, 0.25) is 0 Å². The second kappa shape index (κ2) is 10.2. The molecule has 28 heavy (non-hydrogen) atoms. The molecule has 1 heterocycles. The van der Waals surface area contributed by atoms with Gasteiger partial charge in [-0.3, -0.25) is 15.6 Å². The van der Waals surface area contributed by atoms with E-state index in [0.717, 1.165) is 36.2 Å². The largest absolute Gasteiger partial charge is 0.358 e. The van der Waals surface area contributed by atoms with Crippen LogP contribution in [0, 0.1) is 11.8 Å². The highest BCUT2D eigenvalue weighted by Crippen LogP contribution is 2.29. The number of hydrazine groups is 1. The highest BCUT2D eigenvalue weighted by molar-refractivity contribution is 7.80. The molecule has 1 aromatic carbocycles. The van der Waals surface area contributed by atoms with Crippen LogP contribution >= 0.6 is 23.6 Å². The number of thiocarbonyl (C=S) groups is 1. The third-order valence-corrected chi connectivity index (χ3v) is 7.04. The standard InChI is InChI=1S/C21H30N4OS2/c1-14-8-7-10-16(15(14)2)23-21(27)25-24-19(26)12-5-6-13-20-22-17-9-3-4-11-18(17)28-20/h3-4,9,11,14-16H,5-8,10,12-13H2,1-2H3,(H,24,26)(H2,23,25,27)/t14-,15+,16-/m0/s1. The van der Waals surface area contributed by atoms with Gasteiger partial charge < -0.3 is 5.32 Å². The maximum absolute atomic E-state index is 12.0. The van der Waals surface area contributed by atoms with Crippen LogP contribution in [0.5, 0.6) is 0 Å². The molecule has 1 aromatic heterocycles. The van der Waals surface area contributed by atoms with Crippen molar-refractivity contribution in [1.82, 2.24) is 21.2 Å². The van der Waals surface area contributed by atoms with E-state index in [-0.39, 0.29) is 5.91 Å². The van der Waals surface area contributed by atoms with E-state index in [1.807, 2.05) is 18.2 Å². The Labute approximate surface area is 176 Å². The van der Waals surface area contributed by atoms with Gasteiger partial charge in [0, 0.05) is 12.5 Å². The molecule has 7 heteroatoms. The molecule has 0 radical (unpaired) electrons. The number of amides is 1. The zero-order valence-corrected chi connectivity index (χ0v) is 18.3. The van der Waals surface area contributed by atoms with Crippen LogP contribution in [0.3, 0.4) is 0 Å². The number of rotatable bonds is 6. The molecule has 0 bridgehead atoms. The Morgan fingerprint density at radius 1 is 1.21 bits per heavy atom. The summed E-state index contributed by atoms with van der Waals surface area (Å²) < 4.78 is 1.22. The molecule has 3 rings (SSSR count). The van der Waals surface area contributed by atoms with E-state index < -0.39 is 0 Å². The van der Waals surface area contributed by atoms with Crippen molar-refractivity contribution in [3.63, 3.8) is 0 Å². The fourth-order valence-electron chi connectivity index (χ4n) is 3.77. The highest BCUT2D eigenvalue weighted by atomic mass is 32.1. The summed E-state index contributed by atoms with van der Waals surface area (Å²) in [6.45, 7) is 4.57. The van der Waals surface area contributed by atoms with Crippen LogP contribution in [0.4, 0.5) is 0 Å². The van der Waals surface area contributed by atoms with Gasteiger partial charge in [-0.1, -0.05) is 38.8 Å². The topological polar surface area (TPSA) is 66.0 Å². The van der Waals surface area contributed by atoms with Crippen molar-refractivity contribution in [1.29, 1.82) is 0 Å². The number of unbranched alkanes of at least 4 members (excludes halogenated alkanes) is 1. The van der Waals surface area contributed by atoms with E-state index in [1.165, 1.54) is 17.5 Å². The van der Waals surface area contributed by atoms with Crippen molar-refractivity contribution in [2.24, 2.45) is 11.8 Å². The van der Waals surface area contributed by atoms with Gasteiger partial charge in [-0.05, 0) is 61.9 Å². The quantitative estimate of drug-likeness (QED) is 0.370. The first-order valence-corrected chi connectivity index (χ1v) is 11.4. The molecule has 1 fully saturated rings. The van der Waals surface area contributed by atoms with Gasteiger partial charge in [0.2, 0.25) is 5.91 Å². The van der Waals surface area contributed by atoms with Gasteiger partial charge in [0.15, 0.2) is 5.11 Å². The summed E-state index contributed by atoms with van der Waals surface area (Å²) >= 11 is 7.07. The normalized spacial score (nSPS) is 22.0. The fourth-order valence-corrected chi connectivity index (χ4v) is 4.98. The monoisotopic (exact) mass is 418 g/mol. The lowest BCUT2D eigenvalue weighted by atomic mass is 9.78. The smallest absolute Gasteiger partial charge is 0.238 e. The van der Waals surface area contributed by atoms with Crippen molar-refractivity contribution < 1.29 is 4.79 Å². The number of carbonyl (C=O) groups is 1. The summed E-state index contributed by atoms with van der Waals surface area (Å²) in [5.74, 6) is 1.27. The lowest BCUT2D eigenvalue weighted by molar-refractivity contribution is -0.121. The third-order valence-electron chi connectivity index (χ3n) is 5.72. The van der Waals surface area contributed by atoms with E-state index in [9.17, 15) is 4.79 Å². The molecule has 0 spiro atoms. The molecule has 1 saturated carbocycles. The number of aryl methyl sites for hydroxylation is 1.